The zero-order chi connectivity index (χ0) is 20.1. The number of furan rings is 1. The van der Waals surface area contributed by atoms with Gasteiger partial charge in [-0.25, -0.2) is 4.39 Å². The van der Waals surface area contributed by atoms with Crippen LogP contribution in [0.25, 0.3) is 0 Å². The Bertz CT molecular complexity index is 988. The maximum absolute atomic E-state index is 13.7. The van der Waals surface area contributed by atoms with Gasteiger partial charge in [-0.1, -0.05) is 12.1 Å². The number of ether oxygens (including phenoxy) is 1. The van der Waals surface area contributed by atoms with Crippen molar-refractivity contribution in [2.75, 3.05) is 17.7 Å². The molecule has 3 rings (SSSR count). The standard InChI is InChI=1S/C19H16FN3O5/c1-27-18-10-15(16(23(25)26)9-14(18)20)21-11-12-4-6-13(7-5-12)22-19(24)17-3-2-8-28-17/h2-10,21H,11H2,1H3,(H,22,24). The Balaban J connectivity index is 1.68. The predicted molar refractivity (Wildman–Crippen MR) is 100 cm³/mol. The van der Waals surface area contributed by atoms with E-state index in [4.69, 9.17) is 9.15 Å². The fourth-order valence-corrected chi connectivity index (χ4v) is 2.50. The minimum Gasteiger partial charge on any atom is -0.494 e. The van der Waals surface area contributed by atoms with Crippen LogP contribution in [0, 0.1) is 15.9 Å². The van der Waals surface area contributed by atoms with Crippen molar-refractivity contribution < 1.29 is 23.3 Å². The lowest BCUT2D eigenvalue weighted by atomic mass is 10.2. The van der Waals surface area contributed by atoms with E-state index in [9.17, 15) is 19.3 Å². The molecule has 2 aromatic carbocycles. The molecule has 0 atom stereocenters. The Morgan fingerprint density at radius 2 is 2.00 bits per heavy atom. The first-order valence-electron chi connectivity index (χ1n) is 8.17. The molecule has 0 unspecified atom stereocenters. The number of benzene rings is 2. The third-order valence-corrected chi connectivity index (χ3v) is 3.91. The van der Waals surface area contributed by atoms with E-state index in [-0.39, 0.29) is 35.3 Å². The third kappa shape index (κ3) is 4.26. The first-order valence-corrected chi connectivity index (χ1v) is 8.17. The van der Waals surface area contributed by atoms with E-state index >= 15 is 0 Å². The second kappa shape index (κ2) is 8.21. The average Bonchev–Trinajstić information content (AvgIpc) is 3.22. The molecule has 0 fully saturated rings. The van der Waals surface area contributed by atoms with E-state index < -0.39 is 10.7 Å². The number of methoxy groups -OCH3 is 1. The molecule has 0 bridgehead atoms. The van der Waals surface area contributed by atoms with Crippen LogP contribution in [0.3, 0.4) is 0 Å². The highest BCUT2D eigenvalue weighted by atomic mass is 19.1. The molecule has 2 N–H and O–H groups in total. The summed E-state index contributed by atoms with van der Waals surface area (Å²) >= 11 is 0. The van der Waals surface area contributed by atoms with Crippen molar-refractivity contribution in [1.82, 2.24) is 0 Å². The smallest absolute Gasteiger partial charge is 0.295 e. The maximum atomic E-state index is 13.7. The Labute approximate surface area is 159 Å². The van der Waals surface area contributed by atoms with Crippen LogP contribution in [-0.2, 0) is 6.54 Å². The van der Waals surface area contributed by atoms with Gasteiger partial charge in [0.05, 0.1) is 24.4 Å². The van der Waals surface area contributed by atoms with Crippen LogP contribution >= 0.6 is 0 Å². The van der Waals surface area contributed by atoms with Crippen LogP contribution in [0.2, 0.25) is 0 Å². The molecule has 0 radical (unpaired) electrons. The van der Waals surface area contributed by atoms with E-state index in [2.05, 4.69) is 10.6 Å². The van der Waals surface area contributed by atoms with E-state index in [0.717, 1.165) is 11.6 Å². The zero-order valence-corrected chi connectivity index (χ0v) is 14.8. The number of halogens is 1. The number of nitro groups is 1. The highest BCUT2D eigenvalue weighted by Gasteiger charge is 2.19. The van der Waals surface area contributed by atoms with Crippen molar-refractivity contribution in [2.45, 2.75) is 6.54 Å². The van der Waals surface area contributed by atoms with E-state index in [1.165, 1.54) is 19.4 Å². The van der Waals surface area contributed by atoms with Gasteiger partial charge in [-0.2, -0.15) is 0 Å². The number of hydrogen-bond donors (Lipinski definition) is 2. The lowest BCUT2D eigenvalue weighted by Gasteiger charge is -2.10. The van der Waals surface area contributed by atoms with E-state index in [0.29, 0.717) is 5.69 Å². The van der Waals surface area contributed by atoms with Crippen LogP contribution < -0.4 is 15.4 Å². The molecule has 0 spiro atoms. The summed E-state index contributed by atoms with van der Waals surface area (Å²) in [6.45, 7) is 0.252. The molecule has 144 valence electrons. The predicted octanol–water partition coefficient (Wildman–Crippen LogP) is 4.20. The monoisotopic (exact) mass is 385 g/mol. The molecule has 0 aliphatic rings. The largest absolute Gasteiger partial charge is 0.494 e. The summed E-state index contributed by atoms with van der Waals surface area (Å²) in [4.78, 5) is 22.4. The van der Waals surface area contributed by atoms with Crippen LogP contribution in [0.1, 0.15) is 16.1 Å². The number of carbonyl (C=O) groups excluding carboxylic acids is 1. The molecule has 0 saturated carbocycles. The third-order valence-electron chi connectivity index (χ3n) is 3.91. The number of carbonyl (C=O) groups is 1. The Morgan fingerprint density at radius 3 is 2.61 bits per heavy atom. The Hall–Kier alpha value is -3.88. The van der Waals surface area contributed by atoms with Crippen molar-refractivity contribution in [2.24, 2.45) is 0 Å². The number of hydrogen-bond acceptors (Lipinski definition) is 6. The summed E-state index contributed by atoms with van der Waals surface area (Å²) in [6.07, 6.45) is 1.41. The van der Waals surface area contributed by atoms with Gasteiger partial charge < -0.3 is 19.8 Å². The van der Waals surface area contributed by atoms with Gasteiger partial charge in [0.15, 0.2) is 17.3 Å². The fourth-order valence-electron chi connectivity index (χ4n) is 2.50. The molecule has 1 heterocycles. The number of rotatable bonds is 7. The highest BCUT2D eigenvalue weighted by Crippen LogP contribution is 2.32. The lowest BCUT2D eigenvalue weighted by Crippen LogP contribution is -2.10. The maximum Gasteiger partial charge on any atom is 0.295 e. The minimum absolute atomic E-state index is 0.0934. The average molecular weight is 385 g/mol. The highest BCUT2D eigenvalue weighted by molar-refractivity contribution is 6.02. The molecule has 1 aromatic heterocycles. The van der Waals surface area contributed by atoms with Crippen molar-refractivity contribution in [3.8, 4) is 5.75 Å². The molecule has 28 heavy (non-hydrogen) atoms. The number of anilines is 2. The summed E-state index contributed by atoms with van der Waals surface area (Å²) in [5.74, 6) is -1.08. The van der Waals surface area contributed by atoms with Crippen LogP contribution in [0.15, 0.2) is 59.2 Å². The summed E-state index contributed by atoms with van der Waals surface area (Å²) in [5, 5.41) is 16.7. The summed E-state index contributed by atoms with van der Waals surface area (Å²) in [7, 11) is 1.28. The fraction of sp³-hybridized carbons (Fsp3) is 0.105. The molecule has 0 saturated heterocycles. The van der Waals surface area contributed by atoms with Gasteiger partial charge in [0.1, 0.15) is 5.69 Å². The Morgan fingerprint density at radius 1 is 1.25 bits per heavy atom. The van der Waals surface area contributed by atoms with Gasteiger partial charge >= 0.3 is 0 Å². The van der Waals surface area contributed by atoms with E-state index in [1.807, 2.05) is 0 Å². The first-order chi connectivity index (χ1) is 13.5. The molecule has 8 nitrogen and oxygen atoms in total. The lowest BCUT2D eigenvalue weighted by molar-refractivity contribution is -0.384. The zero-order valence-electron chi connectivity index (χ0n) is 14.8. The first kappa shape index (κ1) is 18.9. The molecule has 1 amide bonds. The van der Waals surface area contributed by atoms with Crippen molar-refractivity contribution in [1.29, 1.82) is 0 Å². The van der Waals surface area contributed by atoms with E-state index in [1.54, 1.807) is 36.4 Å². The number of amides is 1. The van der Waals surface area contributed by atoms with Crippen molar-refractivity contribution >= 4 is 23.0 Å². The van der Waals surface area contributed by atoms with Gasteiger partial charge in [0.25, 0.3) is 11.6 Å². The molecule has 0 aliphatic carbocycles. The second-order valence-electron chi connectivity index (χ2n) is 5.74. The van der Waals surface area contributed by atoms with Crippen LogP contribution in [0.5, 0.6) is 5.75 Å². The number of nitrogens with one attached hydrogen (secondary N) is 2. The summed E-state index contributed by atoms with van der Waals surface area (Å²) < 4.78 is 23.6. The quantitative estimate of drug-likeness (QED) is 0.466. The SMILES string of the molecule is COc1cc(NCc2ccc(NC(=O)c3ccco3)cc2)c([N+](=O)[O-])cc1F. The van der Waals surface area contributed by atoms with Crippen molar-refractivity contribution in [3.05, 3.63) is 82.0 Å². The van der Waals surface area contributed by atoms with Crippen LogP contribution in [-0.4, -0.2) is 17.9 Å². The van der Waals surface area contributed by atoms with Gasteiger partial charge in [0, 0.05) is 18.3 Å². The number of nitrogens with zero attached hydrogens (tertiary/aromatic N) is 1. The van der Waals surface area contributed by atoms with Crippen molar-refractivity contribution in [3.63, 3.8) is 0 Å². The molecule has 3 aromatic rings. The normalized spacial score (nSPS) is 10.4. The minimum atomic E-state index is -0.809. The second-order valence-corrected chi connectivity index (χ2v) is 5.74. The number of nitro benzene ring substituents is 1. The van der Waals surface area contributed by atoms with Crippen LogP contribution in [0.4, 0.5) is 21.5 Å². The molecule has 0 aliphatic heterocycles. The molecular weight excluding hydrogens is 369 g/mol. The van der Waals surface area contributed by atoms with Gasteiger partial charge in [-0.15, -0.1) is 0 Å². The van der Waals surface area contributed by atoms with Gasteiger partial charge in [-0.05, 0) is 29.8 Å². The topological polar surface area (TPSA) is 107 Å². The molecule has 9 heteroatoms. The Kier molecular flexibility index (Phi) is 5.54. The van der Waals surface area contributed by atoms with Gasteiger partial charge in [0.2, 0.25) is 0 Å². The molecular formula is C19H16FN3O5. The summed E-state index contributed by atoms with van der Waals surface area (Å²) in [5.41, 5.74) is 1.12. The summed E-state index contributed by atoms with van der Waals surface area (Å²) in [6, 6.07) is 12.1. The van der Waals surface area contributed by atoms with Gasteiger partial charge in [-0.3, -0.25) is 14.9 Å².